The number of aromatic nitrogens is 2. The molecule has 0 aliphatic rings. The van der Waals surface area contributed by atoms with E-state index in [0.29, 0.717) is 23.8 Å². The fourth-order valence-electron chi connectivity index (χ4n) is 3.07. The highest BCUT2D eigenvalue weighted by Gasteiger charge is 2.10. The summed E-state index contributed by atoms with van der Waals surface area (Å²) in [4.78, 5) is 24.7. The lowest BCUT2D eigenvalue weighted by atomic mass is 10.2. The Morgan fingerprint density at radius 2 is 1.45 bits per heavy atom. The van der Waals surface area contributed by atoms with Crippen molar-refractivity contribution < 1.29 is 14.3 Å². The SMILES string of the molecule is O=C(Nc1ccc(OCc2ccccc2)cc1)c1ccc(=O)n(CCOc2ccccc2)n1. The van der Waals surface area contributed by atoms with Crippen molar-refractivity contribution in [2.75, 3.05) is 11.9 Å². The van der Waals surface area contributed by atoms with Gasteiger partial charge in [0.05, 0.1) is 6.54 Å². The molecular formula is C26H23N3O4. The number of carbonyl (C=O) groups is 1. The first kappa shape index (κ1) is 21.8. The third-order valence-corrected chi connectivity index (χ3v) is 4.77. The number of hydrogen-bond acceptors (Lipinski definition) is 5. The monoisotopic (exact) mass is 441 g/mol. The van der Waals surface area contributed by atoms with E-state index in [-0.39, 0.29) is 24.4 Å². The molecule has 0 spiro atoms. The van der Waals surface area contributed by atoms with Crippen molar-refractivity contribution in [1.82, 2.24) is 9.78 Å². The zero-order valence-corrected chi connectivity index (χ0v) is 17.9. The van der Waals surface area contributed by atoms with Crippen LogP contribution in [0.5, 0.6) is 11.5 Å². The Labute approximate surface area is 191 Å². The maximum absolute atomic E-state index is 12.6. The Hall–Kier alpha value is -4.39. The normalized spacial score (nSPS) is 10.4. The molecule has 166 valence electrons. The van der Waals surface area contributed by atoms with Crippen LogP contribution in [0.25, 0.3) is 0 Å². The van der Waals surface area contributed by atoms with Crippen molar-refractivity contribution in [2.24, 2.45) is 0 Å². The van der Waals surface area contributed by atoms with Crippen LogP contribution in [0.4, 0.5) is 5.69 Å². The van der Waals surface area contributed by atoms with Gasteiger partial charge in [0.2, 0.25) is 0 Å². The molecule has 0 atom stereocenters. The van der Waals surface area contributed by atoms with Gasteiger partial charge < -0.3 is 14.8 Å². The van der Waals surface area contributed by atoms with Crippen LogP contribution in [-0.4, -0.2) is 22.3 Å². The molecule has 4 aromatic rings. The average molecular weight is 441 g/mol. The Bertz CT molecular complexity index is 1240. The fourth-order valence-corrected chi connectivity index (χ4v) is 3.07. The summed E-state index contributed by atoms with van der Waals surface area (Å²) in [5, 5.41) is 6.95. The first-order valence-electron chi connectivity index (χ1n) is 10.5. The maximum Gasteiger partial charge on any atom is 0.276 e. The van der Waals surface area contributed by atoms with Crippen molar-refractivity contribution in [3.05, 3.63) is 119 Å². The van der Waals surface area contributed by atoms with Gasteiger partial charge >= 0.3 is 0 Å². The van der Waals surface area contributed by atoms with Crippen molar-refractivity contribution in [2.45, 2.75) is 13.2 Å². The molecule has 1 heterocycles. The number of ether oxygens (including phenoxy) is 2. The van der Waals surface area contributed by atoms with E-state index in [2.05, 4.69) is 10.4 Å². The highest BCUT2D eigenvalue weighted by Crippen LogP contribution is 2.17. The molecule has 1 amide bonds. The Morgan fingerprint density at radius 1 is 0.788 bits per heavy atom. The van der Waals surface area contributed by atoms with Crippen molar-refractivity contribution in [1.29, 1.82) is 0 Å². The first-order chi connectivity index (χ1) is 16.2. The number of amides is 1. The molecular weight excluding hydrogens is 418 g/mol. The lowest BCUT2D eigenvalue weighted by molar-refractivity contribution is 0.101. The van der Waals surface area contributed by atoms with Gasteiger partial charge in [0, 0.05) is 11.8 Å². The van der Waals surface area contributed by atoms with Crippen LogP contribution < -0.4 is 20.3 Å². The number of nitrogens with one attached hydrogen (secondary N) is 1. The molecule has 7 heteroatoms. The summed E-state index contributed by atoms with van der Waals surface area (Å²) in [5.41, 5.74) is 1.51. The molecule has 0 fully saturated rings. The zero-order chi connectivity index (χ0) is 22.9. The number of rotatable bonds is 9. The van der Waals surface area contributed by atoms with Crippen LogP contribution in [-0.2, 0) is 13.2 Å². The number of hydrogen-bond donors (Lipinski definition) is 1. The molecule has 7 nitrogen and oxygen atoms in total. The van der Waals surface area contributed by atoms with E-state index in [0.717, 1.165) is 5.56 Å². The average Bonchev–Trinajstić information content (AvgIpc) is 2.86. The summed E-state index contributed by atoms with van der Waals surface area (Å²) < 4.78 is 12.6. The van der Waals surface area contributed by atoms with E-state index < -0.39 is 5.91 Å². The van der Waals surface area contributed by atoms with E-state index in [9.17, 15) is 9.59 Å². The van der Waals surface area contributed by atoms with Crippen LogP contribution in [0.1, 0.15) is 16.1 Å². The standard InChI is InChI=1S/C26H23N3O4/c30-25-16-15-24(28-29(25)17-18-32-22-9-5-2-6-10-22)26(31)27-21-11-13-23(14-12-21)33-19-20-7-3-1-4-8-20/h1-16H,17-19H2,(H,27,31). The molecule has 3 aromatic carbocycles. The minimum Gasteiger partial charge on any atom is -0.492 e. The van der Waals surface area contributed by atoms with Crippen LogP contribution in [0, 0.1) is 0 Å². The second-order valence-corrected chi connectivity index (χ2v) is 7.19. The quantitative estimate of drug-likeness (QED) is 0.422. The number of para-hydroxylation sites is 1. The molecule has 1 N–H and O–H groups in total. The van der Waals surface area contributed by atoms with Gasteiger partial charge in [-0.05, 0) is 48.0 Å². The minimum absolute atomic E-state index is 0.138. The number of anilines is 1. The van der Waals surface area contributed by atoms with Gasteiger partial charge in [0.25, 0.3) is 11.5 Å². The molecule has 0 bridgehead atoms. The van der Waals surface area contributed by atoms with E-state index in [1.54, 1.807) is 24.3 Å². The number of benzene rings is 3. The molecule has 1 aromatic heterocycles. The Morgan fingerprint density at radius 3 is 2.18 bits per heavy atom. The second-order valence-electron chi connectivity index (χ2n) is 7.19. The molecule has 0 saturated heterocycles. The van der Waals surface area contributed by atoms with Crippen molar-refractivity contribution in [3.8, 4) is 11.5 Å². The van der Waals surface area contributed by atoms with Gasteiger partial charge in [-0.15, -0.1) is 0 Å². The lowest BCUT2D eigenvalue weighted by Crippen LogP contribution is -2.28. The number of nitrogens with zero attached hydrogens (tertiary/aromatic N) is 2. The Kier molecular flexibility index (Phi) is 7.12. The molecule has 33 heavy (non-hydrogen) atoms. The molecule has 0 radical (unpaired) electrons. The molecule has 4 rings (SSSR count). The highest BCUT2D eigenvalue weighted by molar-refractivity contribution is 6.02. The van der Waals surface area contributed by atoms with Crippen LogP contribution in [0.3, 0.4) is 0 Å². The molecule has 0 saturated carbocycles. The van der Waals surface area contributed by atoms with Crippen molar-refractivity contribution in [3.63, 3.8) is 0 Å². The third kappa shape index (κ3) is 6.30. The van der Waals surface area contributed by atoms with Gasteiger partial charge in [-0.1, -0.05) is 48.5 Å². The predicted molar refractivity (Wildman–Crippen MR) is 126 cm³/mol. The summed E-state index contributed by atoms with van der Waals surface area (Å²) in [6.07, 6.45) is 0. The smallest absolute Gasteiger partial charge is 0.276 e. The molecule has 0 aliphatic heterocycles. The van der Waals surface area contributed by atoms with E-state index in [1.165, 1.54) is 16.8 Å². The van der Waals surface area contributed by atoms with Gasteiger partial charge in [-0.2, -0.15) is 5.10 Å². The number of carbonyl (C=O) groups excluding carboxylic acids is 1. The van der Waals surface area contributed by atoms with Crippen LogP contribution in [0.15, 0.2) is 102 Å². The maximum atomic E-state index is 12.6. The van der Waals surface area contributed by atoms with Crippen LogP contribution >= 0.6 is 0 Å². The molecule has 0 unspecified atom stereocenters. The molecule has 0 aliphatic carbocycles. The van der Waals surface area contributed by atoms with Gasteiger partial charge in [-0.3, -0.25) is 9.59 Å². The Balaban J connectivity index is 1.33. The van der Waals surface area contributed by atoms with Gasteiger partial charge in [0.1, 0.15) is 30.4 Å². The summed E-state index contributed by atoms with van der Waals surface area (Å²) in [6.45, 7) is 0.945. The fraction of sp³-hybridized carbons (Fsp3) is 0.115. The lowest BCUT2D eigenvalue weighted by Gasteiger charge is -2.10. The zero-order valence-electron chi connectivity index (χ0n) is 17.9. The first-order valence-corrected chi connectivity index (χ1v) is 10.5. The summed E-state index contributed by atoms with van der Waals surface area (Å²) in [7, 11) is 0. The minimum atomic E-state index is -0.411. The van der Waals surface area contributed by atoms with E-state index in [1.807, 2.05) is 60.7 Å². The predicted octanol–water partition coefficient (Wildman–Crippen LogP) is 4.15. The topological polar surface area (TPSA) is 82.5 Å². The van der Waals surface area contributed by atoms with Gasteiger partial charge in [-0.25, -0.2) is 4.68 Å². The highest BCUT2D eigenvalue weighted by atomic mass is 16.5. The second kappa shape index (κ2) is 10.8. The van der Waals surface area contributed by atoms with E-state index >= 15 is 0 Å². The summed E-state index contributed by atoms with van der Waals surface area (Å²) in [6, 6.07) is 29.0. The van der Waals surface area contributed by atoms with Gasteiger partial charge in [0.15, 0.2) is 0 Å². The summed E-state index contributed by atoms with van der Waals surface area (Å²) in [5.74, 6) is 0.989. The third-order valence-electron chi connectivity index (χ3n) is 4.77. The summed E-state index contributed by atoms with van der Waals surface area (Å²) >= 11 is 0. The largest absolute Gasteiger partial charge is 0.492 e. The van der Waals surface area contributed by atoms with E-state index in [4.69, 9.17) is 9.47 Å². The van der Waals surface area contributed by atoms with Crippen molar-refractivity contribution >= 4 is 11.6 Å². The van der Waals surface area contributed by atoms with Crippen LogP contribution in [0.2, 0.25) is 0 Å².